The van der Waals surface area contributed by atoms with Crippen LogP contribution in [0.3, 0.4) is 0 Å². The highest BCUT2D eigenvalue weighted by molar-refractivity contribution is 14.0. The van der Waals surface area contributed by atoms with Crippen molar-refractivity contribution in [2.45, 2.75) is 19.9 Å². The SMILES string of the molecule is CCOc1ccc(CN(C)C(=NC)NCCNC(=O)Cc2cccc(F)c2)cc1.I. The molecule has 0 unspecified atom stereocenters. The Morgan fingerprint density at radius 1 is 1.10 bits per heavy atom. The van der Waals surface area contributed by atoms with Crippen molar-refractivity contribution in [1.29, 1.82) is 0 Å². The van der Waals surface area contributed by atoms with Crippen LogP contribution in [0.5, 0.6) is 5.75 Å². The molecular formula is C22H30FIN4O2. The van der Waals surface area contributed by atoms with Gasteiger partial charge in [0.1, 0.15) is 11.6 Å². The molecule has 30 heavy (non-hydrogen) atoms. The van der Waals surface area contributed by atoms with E-state index >= 15 is 0 Å². The van der Waals surface area contributed by atoms with E-state index in [4.69, 9.17) is 4.74 Å². The lowest BCUT2D eigenvalue weighted by molar-refractivity contribution is -0.120. The smallest absolute Gasteiger partial charge is 0.224 e. The van der Waals surface area contributed by atoms with Gasteiger partial charge in [-0.25, -0.2) is 4.39 Å². The number of aliphatic imine (C=N–C) groups is 1. The van der Waals surface area contributed by atoms with E-state index in [0.29, 0.717) is 31.8 Å². The van der Waals surface area contributed by atoms with E-state index in [1.165, 1.54) is 12.1 Å². The summed E-state index contributed by atoms with van der Waals surface area (Å²) in [5, 5.41) is 6.05. The fourth-order valence-electron chi connectivity index (χ4n) is 2.86. The number of hydrogen-bond donors (Lipinski definition) is 2. The molecule has 0 radical (unpaired) electrons. The van der Waals surface area contributed by atoms with Gasteiger partial charge < -0.3 is 20.3 Å². The number of guanidine groups is 1. The molecule has 0 fully saturated rings. The Morgan fingerprint density at radius 3 is 2.43 bits per heavy atom. The van der Waals surface area contributed by atoms with Crippen LogP contribution >= 0.6 is 24.0 Å². The number of carbonyl (C=O) groups excluding carboxylic acids is 1. The standard InChI is InChI=1S/C22H29FN4O2.HI/c1-4-29-20-10-8-17(9-11-20)16-27(3)22(24-2)26-13-12-25-21(28)15-18-6-5-7-19(23)14-18;/h5-11,14H,4,12-13,15-16H2,1-3H3,(H,24,26)(H,25,28);1H. The summed E-state index contributed by atoms with van der Waals surface area (Å²) in [6, 6.07) is 14.0. The number of halogens is 2. The summed E-state index contributed by atoms with van der Waals surface area (Å²) < 4.78 is 18.6. The molecule has 164 valence electrons. The molecule has 0 saturated carbocycles. The molecule has 0 heterocycles. The van der Waals surface area contributed by atoms with Gasteiger partial charge in [0.2, 0.25) is 5.91 Å². The van der Waals surface area contributed by atoms with Crippen molar-refractivity contribution < 1.29 is 13.9 Å². The first-order valence-electron chi connectivity index (χ1n) is 9.66. The number of ether oxygens (including phenoxy) is 1. The third kappa shape index (κ3) is 8.98. The van der Waals surface area contributed by atoms with E-state index < -0.39 is 0 Å². The minimum absolute atomic E-state index is 0. The Balaban J connectivity index is 0.00000450. The molecule has 0 aliphatic heterocycles. The van der Waals surface area contributed by atoms with Crippen LogP contribution in [0.25, 0.3) is 0 Å². The first-order chi connectivity index (χ1) is 14.0. The maximum absolute atomic E-state index is 13.2. The molecule has 6 nitrogen and oxygen atoms in total. The summed E-state index contributed by atoms with van der Waals surface area (Å²) in [4.78, 5) is 18.3. The van der Waals surface area contributed by atoms with Crippen molar-refractivity contribution in [2.75, 3.05) is 33.8 Å². The molecule has 0 atom stereocenters. The van der Waals surface area contributed by atoms with Crippen molar-refractivity contribution in [2.24, 2.45) is 4.99 Å². The van der Waals surface area contributed by atoms with Crippen molar-refractivity contribution >= 4 is 35.8 Å². The summed E-state index contributed by atoms with van der Waals surface area (Å²) in [7, 11) is 3.67. The first-order valence-corrected chi connectivity index (χ1v) is 9.66. The van der Waals surface area contributed by atoms with Crippen LogP contribution in [0, 0.1) is 5.82 Å². The second-order valence-corrected chi connectivity index (χ2v) is 6.56. The minimum atomic E-state index is -0.337. The maximum Gasteiger partial charge on any atom is 0.224 e. The Kier molecular flexibility index (Phi) is 11.8. The average molecular weight is 528 g/mol. The van der Waals surface area contributed by atoms with E-state index in [9.17, 15) is 9.18 Å². The molecule has 1 amide bonds. The Labute approximate surface area is 194 Å². The van der Waals surface area contributed by atoms with Crippen LogP contribution in [-0.2, 0) is 17.8 Å². The first kappa shape index (κ1) is 25.7. The summed E-state index contributed by atoms with van der Waals surface area (Å²) in [5.41, 5.74) is 1.80. The highest BCUT2D eigenvalue weighted by Gasteiger charge is 2.08. The Bertz CT molecular complexity index is 815. The number of nitrogens with zero attached hydrogens (tertiary/aromatic N) is 2. The summed E-state index contributed by atoms with van der Waals surface area (Å²) in [5.74, 6) is 1.11. The normalized spacial score (nSPS) is 10.7. The molecule has 2 aromatic carbocycles. The molecule has 2 rings (SSSR count). The fourth-order valence-corrected chi connectivity index (χ4v) is 2.86. The average Bonchev–Trinajstić information content (AvgIpc) is 2.69. The summed E-state index contributed by atoms with van der Waals surface area (Å²) >= 11 is 0. The van der Waals surface area contributed by atoms with Crippen molar-refractivity contribution in [3.63, 3.8) is 0 Å². The van der Waals surface area contributed by atoms with Crippen LogP contribution in [0.4, 0.5) is 4.39 Å². The fraction of sp³-hybridized carbons (Fsp3) is 0.364. The third-order valence-electron chi connectivity index (χ3n) is 4.21. The van der Waals surface area contributed by atoms with Crippen LogP contribution in [0.2, 0.25) is 0 Å². The van der Waals surface area contributed by atoms with Gasteiger partial charge in [-0.15, -0.1) is 24.0 Å². The number of hydrogen-bond acceptors (Lipinski definition) is 3. The van der Waals surface area contributed by atoms with Gasteiger partial charge in [-0.2, -0.15) is 0 Å². The van der Waals surface area contributed by atoms with E-state index in [1.54, 1.807) is 19.2 Å². The molecule has 0 saturated heterocycles. The van der Waals surface area contributed by atoms with Crippen LogP contribution in [0.15, 0.2) is 53.5 Å². The number of benzene rings is 2. The Hall–Kier alpha value is -2.36. The molecule has 0 aliphatic carbocycles. The molecular weight excluding hydrogens is 498 g/mol. The monoisotopic (exact) mass is 528 g/mol. The van der Waals surface area contributed by atoms with Crippen molar-refractivity contribution in [1.82, 2.24) is 15.5 Å². The summed E-state index contributed by atoms with van der Waals surface area (Å²) in [6.07, 6.45) is 0.157. The van der Waals surface area contributed by atoms with E-state index in [-0.39, 0.29) is 42.1 Å². The highest BCUT2D eigenvalue weighted by atomic mass is 127. The molecule has 2 aromatic rings. The molecule has 0 aliphatic rings. The van der Waals surface area contributed by atoms with Gasteiger partial charge in [0.25, 0.3) is 0 Å². The molecule has 0 aromatic heterocycles. The highest BCUT2D eigenvalue weighted by Crippen LogP contribution is 2.13. The van der Waals surface area contributed by atoms with Gasteiger partial charge in [-0.3, -0.25) is 9.79 Å². The van der Waals surface area contributed by atoms with Crippen LogP contribution in [0.1, 0.15) is 18.1 Å². The second-order valence-electron chi connectivity index (χ2n) is 6.56. The van der Waals surface area contributed by atoms with Crippen molar-refractivity contribution in [3.8, 4) is 5.75 Å². The quantitative estimate of drug-likeness (QED) is 0.227. The lowest BCUT2D eigenvalue weighted by Crippen LogP contribution is -2.42. The zero-order valence-electron chi connectivity index (χ0n) is 17.7. The number of carbonyl (C=O) groups is 1. The second kappa shape index (κ2) is 13.8. The minimum Gasteiger partial charge on any atom is -0.494 e. The van der Waals surface area contributed by atoms with Crippen molar-refractivity contribution in [3.05, 3.63) is 65.5 Å². The van der Waals surface area contributed by atoms with Gasteiger partial charge in [-0.1, -0.05) is 24.3 Å². The van der Waals surface area contributed by atoms with Gasteiger partial charge >= 0.3 is 0 Å². The number of amides is 1. The molecule has 0 bridgehead atoms. The summed E-state index contributed by atoms with van der Waals surface area (Å²) in [6.45, 7) is 4.28. The Morgan fingerprint density at radius 2 is 1.80 bits per heavy atom. The largest absolute Gasteiger partial charge is 0.494 e. The third-order valence-corrected chi connectivity index (χ3v) is 4.21. The van der Waals surface area contributed by atoms with E-state index in [1.807, 2.05) is 43.1 Å². The predicted octanol–water partition coefficient (Wildman–Crippen LogP) is 3.21. The zero-order valence-corrected chi connectivity index (χ0v) is 20.0. The lowest BCUT2D eigenvalue weighted by atomic mass is 10.1. The topological polar surface area (TPSA) is 66.0 Å². The molecule has 0 spiro atoms. The van der Waals surface area contributed by atoms with Gasteiger partial charge in [0.05, 0.1) is 13.0 Å². The lowest BCUT2D eigenvalue weighted by Gasteiger charge is -2.22. The molecule has 8 heteroatoms. The molecule has 2 N–H and O–H groups in total. The number of rotatable bonds is 9. The maximum atomic E-state index is 13.2. The van der Waals surface area contributed by atoms with E-state index in [2.05, 4.69) is 15.6 Å². The van der Waals surface area contributed by atoms with Crippen LogP contribution < -0.4 is 15.4 Å². The van der Waals surface area contributed by atoms with E-state index in [0.717, 1.165) is 17.3 Å². The predicted molar refractivity (Wildman–Crippen MR) is 129 cm³/mol. The van der Waals surface area contributed by atoms with Crippen LogP contribution in [-0.4, -0.2) is 50.6 Å². The number of nitrogens with one attached hydrogen (secondary N) is 2. The van der Waals surface area contributed by atoms with Gasteiger partial charge in [0, 0.05) is 33.7 Å². The van der Waals surface area contributed by atoms with Gasteiger partial charge in [0.15, 0.2) is 5.96 Å². The zero-order chi connectivity index (χ0) is 21.1. The van der Waals surface area contributed by atoms with Gasteiger partial charge in [-0.05, 0) is 42.3 Å².